The van der Waals surface area contributed by atoms with E-state index in [1.165, 1.54) is 12.8 Å². The van der Waals surface area contributed by atoms with Crippen LogP contribution < -0.4 is 11.1 Å². The number of hydrogen-bond donors (Lipinski definition) is 2. The number of anilines is 2. The number of halogens is 3. The predicted molar refractivity (Wildman–Crippen MR) is 71.1 cm³/mol. The minimum atomic E-state index is -4.51. The molecule has 0 radical (unpaired) electrons. The number of hydrogen-bond acceptors (Lipinski definition) is 4. The highest BCUT2D eigenvalue weighted by molar-refractivity contribution is 5.41. The third kappa shape index (κ3) is 3.32. The molecule has 3 N–H and O–H groups in total. The van der Waals surface area contributed by atoms with E-state index in [4.69, 9.17) is 5.73 Å². The van der Waals surface area contributed by atoms with Crippen molar-refractivity contribution in [3.05, 3.63) is 11.8 Å². The number of nitrogens with zero attached hydrogens (tertiary/aromatic N) is 2. The van der Waals surface area contributed by atoms with Crippen molar-refractivity contribution in [1.29, 1.82) is 0 Å². The molecule has 1 aromatic rings. The lowest BCUT2D eigenvalue weighted by molar-refractivity contribution is -0.141. The molecule has 0 aliphatic heterocycles. The Bertz CT molecular complexity index is 467. The van der Waals surface area contributed by atoms with Gasteiger partial charge in [0.25, 0.3) is 0 Å². The zero-order chi connectivity index (χ0) is 14.8. The van der Waals surface area contributed by atoms with E-state index in [2.05, 4.69) is 22.2 Å². The van der Waals surface area contributed by atoms with E-state index >= 15 is 0 Å². The fourth-order valence-corrected chi connectivity index (χ4v) is 2.76. The average molecular weight is 288 g/mol. The van der Waals surface area contributed by atoms with E-state index in [-0.39, 0.29) is 17.2 Å². The second-order valence-corrected chi connectivity index (χ2v) is 5.41. The molecule has 0 bridgehead atoms. The third-order valence-corrected chi connectivity index (χ3v) is 4.09. The number of aromatic nitrogens is 2. The van der Waals surface area contributed by atoms with Crippen LogP contribution in [0.25, 0.3) is 0 Å². The van der Waals surface area contributed by atoms with Gasteiger partial charge in [-0.1, -0.05) is 19.8 Å². The maximum atomic E-state index is 12.7. The maximum absolute atomic E-state index is 12.7. The van der Waals surface area contributed by atoms with E-state index < -0.39 is 11.9 Å². The second-order valence-electron chi connectivity index (χ2n) is 5.41. The van der Waals surface area contributed by atoms with Crippen molar-refractivity contribution in [3.63, 3.8) is 0 Å². The summed E-state index contributed by atoms with van der Waals surface area (Å²) in [5, 5.41) is 3.00. The summed E-state index contributed by atoms with van der Waals surface area (Å²) in [6.07, 6.45) is 1.05. The lowest BCUT2D eigenvalue weighted by Crippen LogP contribution is -2.26. The van der Waals surface area contributed by atoms with Gasteiger partial charge in [0.15, 0.2) is 5.69 Å². The molecule has 1 aromatic heterocycles. The monoisotopic (exact) mass is 288 g/mol. The Morgan fingerprint density at radius 1 is 1.30 bits per heavy atom. The lowest BCUT2D eigenvalue weighted by Gasteiger charge is -2.28. The first kappa shape index (κ1) is 14.9. The van der Waals surface area contributed by atoms with Gasteiger partial charge in [0, 0.05) is 12.6 Å². The van der Waals surface area contributed by atoms with Crippen LogP contribution in [0, 0.1) is 5.41 Å². The van der Waals surface area contributed by atoms with Crippen molar-refractivity contribution in [1.82, 2.24) is 9.97 Å². The van der Waals surface area contributed by atoms with Gasteiger partial charge in [-0.25, -0.2) is 4.98 Å². The number of nitrogens with one attached hydrogen (secondary N) is 1. The van der Waals surface area contributed by atoms with Gasteiger partial charge in [0.05, 0.1) is 0 Å². The quantitative estimate of drug-likeness (QED) is 0.890. The molecule has 0 spiro atoms. The molecule has 0 amide bonds. The van der Waals surface area contributed by atoms with Crippen molar-refractivity contribution in [2.75, 3.05) is 17.6 Å². The highest BCUT2D eigenvalue weighted by Crippen LogP contribution is 2.41. The fourth-order valence-electron chi connectivity index (χ4n) is 2.76. The molecule has 20 heavy (non-hydrogen) atoms. The molecule has 1 saturated carbocycles. The summed E-state index contributed by atoms with van der Waals surface area (Å²) in [6.45, 7) is 2.74. The van der Waals surface area contributed by atoms with E-state index in [0.29, 0.717) is 6.54 Å². The zero-order valence-electron chi connectivity index (χ0n) is 11.4. The summed E-state index contributed by atoms with van der Waals surface area (Å²) < 4.78 is 38.0. The molecule has 1 heterocycles. The molecule has 2 rings (SSSR count). The van der Waals surface area contributed by atoms with Crippen LogP contribution in [0.2, 0.25) is 0 Å². The molecule has 112 valence electrons. The van der Waals surface area contributed by atoms with E-state index in [0.717, 1.165) is 25.3 Å². The summed E-state index contributed by atoms with van der Waals surface area (Å²) in [4.78, 5) is 7.05. The molecular formula is C13H19F3N4. The van der Waals surface area contributed by atoms with Crippen LogP contribution in [0.5, 0.6) is 0 Å². The highest BCUT2D eigenvalue weighted by Gasteiger charge is 2.34. The second kappa shape index (κ2) is 5.46. The zero-order valence-corrected chi connectivity index (χ0v) is 11.4. The Hall–Kier alpha value is -1.53. The Labute approximate surface area is 116 Å². The van der Waals surface area contributed by atoms with Gasteiger partial charge >= 0.3 is 6.18 Å². The Morgan fingerprint density at radius 2 is 1.95 bits per heavy atom. The first-order valence-electron chi connectivity index (χ1n) is 6.80. The third-order valence-electron chi connectivity index (χ3n) is 4.09. The van der Waals surface area contributed by atoms with Crippen molar-refractivity contribution >= 4 is 11.8 Å². The molecule has 0 unspecified atom stereocenters. The van der Waals surface area contributed by atoms with Crippen LogP contribution in [0.3, 0.4) is 0 Å². The fraction of sp³-hybridized carbons (Fsp3) is 0.692. The van der Waals surface area contributed by atoms with Crippen molar-refractivity contribution in [2.45, 2.75) is 45.2 Å². The van der Waals surface area contributed by atoms with Crippen molar-refractivity contribution in [2.24, 2.45) is 5.41 Å². The maximum Gasteiger partial charge on any atom is 0.433 e. The van der Waals surface area contributed by atoms with Crippen molar-refractivity contribution < 1.29 is 13.2 Å². The van der Waals surface area contributed by atoms with Crippen LogP contribution in [0.1, 0.15) is 44.7 Å². The minimum absolute atomic E-state index is 0.143. The number of nitrogens with two attached hydrogens (primary N) is 1. The van der Waals surface area contributed by atoms with E-state index in [1.54, 1.807) is 0 Å². The van der Waals surface area contributed by atoms with Crippen molar-refractivity contribution in [3.8, 4) is 0 Å². The van der Waals surface area contributed by atoms with Gasteiger partial charge in [0.1, 0.15) is 5.82 Å². The molecule has 0 aromatic carbocycles. The molecule has 0 atom stereocenters. The number of rotatable bonds is 4. The first-order chi connectivity index (χ1) is 9.35. The molecular weight excluding hydrogens is 269 g/mol. The lowest BCUT2D eigenvalue weighted by atomic mass is 9.83. The minimum Gasteiger partial charge on any atom is -0.369 e. The predicted octanol–water partition coefficient (Wildman–Crippen LogP) is 3.46. The van der Waals surface area contributed by atoms with Crippen LogP contribution in [0.15, 0.2) is 6.07 Å². The molecule has 1 aliphatic carbocycles. The topological polar surface area (TPSA) is 63.8 Å². The highest BCUT2D eigenvalue weighted by atomic mass is 19.4. The van der Waals surface area contributed by atoms with Gasteiger partial charge in [-0.2, -0.15) is 18.2 Å². The molecule has 4 nitrogen and oxygen atoms in total. The molecule has 1 aliphatic rings. The summed E-state index contributed by atoms with van der Waals surface area (Å²) in [5.41, 5.74) is 4.50. The Kier molecular flexibility index (Phi) is 4.06. The number of nitrogen functional groups attached to an aromatic ring is 1. The van der Waals surface area contributed by atoms with Gasteiger partial charge in [-0.3, -0.25) is 0 Å². The summed E-state index contributed by atoms with van der Waals surface area (Å²) in [5.74, 6) is -0.219. The molecule has 0 saturated heterocycles. The summed E-state index contributed by atoms with van der Waals surface area (Å²) in [6, 6.07) is 0.911. The SMILES string of the molecule is CCC1(CNc2cc(C(F)(F)F)nc(N)n2)CCCC1. The standard InChI is InChI=1S/C13H19F3N4/c1-2-12(5-3-4-6-12)8-18-10-7-9(13(14,15)16)19-11(17)20-10/h7H,2-6,8H2,1H3,(H3,17,18,19,20). The van der Waals surface area contributed by atoms with Crippen LogP contribution >= 0.6 is 0 Å². The largest absolute Gasteiger partial charge is 0.433 e. The normalized spacial score (nSPS) is 18.2. The van der Waals surface area contributed by atoms with E-state index in [9.17, 15) is 13.2 Å². The summed E-state index contributed by atoms with van der Waals surface area (Å²) in [7, 11) is 0. The van der Waals surface area contributed by atoms with Gasteiger partial charge in [-0.05, 0) is 24.7 Å². The van der Waals surface area contributed by atoms with Gasteiger partial charge < -0.3 is 11.1 Å². The van der Waals surface area contributed by atoms with Gasteiger partial charge in [0.2, 0.25) is 5.95 Å². The van der Waals surface area contributed by atoms with Crippen LogP contribution in [-0.4, -0.2) is 16.5 Å². The van der Waals surface area contributed by atoms with Crippen LogP contribution in [-0.2, 0) is 6.18 Å². The smallest absolute Gasteiger partial charge is 0.369 e. The Morgan fingerprint density at radius 3 is 2.50 bits per heavy atom. The summed E-state index contributed by atoms with van der Waals surface area (Å²) >= 11 is 0. The van der Waals surface area contributed by atoms with E-state index in [1.807, 2.05) is 0 Å². The first-order valence-corrected chi connectivity index (χ1v) is 6.80. The van der Waals surface area contributed by atoms with Gasteiger partial charge in [-0.15, -0.1) is 0 Å². The average Bonchev–Trinajstić information content (AvgIpc) is 2.84. The number of alkyl halides is 3. The molecule has 1 fully saturated rings. The molecule has 7 heteroatoms. The Balaban J connectivity index is 2.11. The van der Waals surface area contributed by atoms with Crippen LogP contribution in [0.4, 0.5) is 24.9 Å².